The molecule has 27 heavy (non-hydrogen) atoms. The van der Waals surface area contributed by atoms with Gasteiger partial charge in [0.1, 0.15) is 12.1 Å². The Morgan fingerprint density at radius 1 is 1.26 bits per heavy atom. The third-order valence-electron chi connectivity index (χ3n) is 5.07. The van der Waals surface area contributed by atoms with Crippen LogP contribution in [0.4, 0.5) is 0 Å². The Bertz CT molecular complexity index is 768. The van der Waals surface area contributed by atoms with Crippen LogP contribution >= 0.6 is 0 Å². The summed E-state index contributed by atoms with van der Waals surface area (Å²) < 4.78 is 0. The number of aromatic hydroxyl groups is 1. The van der Waals surface area contributed by atoms with Crippen molar-refractivity contribution in [2.45, 2.75) is 52.2 Å². The first-order valence-electron chi connectivity index (χ1n) is 9.42. The molecule has 1 amide bonds. The van der Waals surface area contributed by atoms with E-state index in [0.29, 0.717) is 13.1 Å². The molecule has 1 atom stereocenters. The fraction of sp³-hybridized carbons (Fsp3) is 0.500. The smallest absolute Gasteiger partial charge is 0.219 e. The molecule has 0 aliphatic carbocycles. The Morgan fingerprint density at radius 2 is 2.04 bits per heavy atom. The van der Waals surface area contributed by atoms with E-state index in [-0.39, 0.29) is 17.7 Å². The lowest BCUT2D eigenvalue weighted by Crippen LogP contribution is -2.39. The number of aromatic nitrogens is 3. The number of pyridine rings is 1. The van der Waals surface area contributed by atoms with E-state index in [0.717, 1.165) is 49.3 Å². The van der Waals surface area contributed by atoms with Crippen LogP contribution in [0, 0.1) is 6.92 Å². The summed E-state index contributed by atoms with van der Waals surface area (Å²) in [5.74, 6) is 0.325. The molecule has 1 unspecified atom stereocenters. The van der Waals surface area contributed by atoms with Crippen LogP contribution in [0.5, 0.6) is 5.75 Å². The van der Waals surface area contributed by atoms with E-state index in [4.69, 9.17) is 0 Å². The normalized spacial score (nSPS) is 18.1. The highest BCUT2D eigenvalue weighted by atomic mass is 16.3. The second-order valence-corrected chi connectivity index (χ2v) is 7.17. The predicted octanol–water partition coefficient (Wildman–Crippen LogP) is 2.29. The SMILES string of the molecule is CC(=O)N(Cc1cncnc1)C1CCCN(Cc2nc(C)ccc2O)CC1. The Morgan fingerprint density at radius 3 is 2.78 bits per heavy atom. The fourth-order valence-electron chi connectivity index (χ4n) is 3.65. The third-order valence-corrected chi connectivity index (χ3v) is 5.07. The van der Waals surface area contributed by atoms with Crippen molar-refractivity contribution < 1.29 is 9.90 Å². The van der Waals surface area contributed by atoms with Crippen molar-refractivity contribution in [3.63, 3.8) is 0 Å². The number of aryl methyl sites for hydroxylation is 1. The summed E-state index contributed by atoms with van der Waals surface area (Å²) in [4.78, 5) is 29.0. The zero-order valence-electron chi connectivity index (χ0n) is 16.0. The van der Waals surface area contributed by atoms with Gasteiger partial charge in [0.25, 0.3) is 0 Å². The first kappa shape index (κ1) is 19.2. The van der Waals surface area contributed by atoms with Crippen molar-refractivity contribution in [2.24, 2.45) is 0 Å². The molecule has 1 aliphatic rings. The number of amides is 1. The van der Waals surface area contributed by atoms with Gasteiger partial charge in [-0.15, -0.1) is 0 Å². The van der Waals surface area contributed by atoms with E-state index in [9.17, 15) is 9.90 Å². The molecule has 144 valence electrons. The van der Waals surface area contributed by atoms with Gasteiger partial charge < -0.3 is 10.0 Å². The van der Waals surface area contributed by atoms with E-state index in [1.165, 1.54) is 6.33 Å². The van der Waals surface area contributed by atoms with Gasteiger partial charge in [-0.25, -0.2) is 9.97 Å². The lowest BCUT2D eigenvalue weighted by Gasteiger charge is -2.30. The molecule has 1 N–H and O–H groups in total. The molecule has 2 aromatic rings. The third kappa shape index (κ3) is 5.23. The van der Waals surface area contributed by atoms with Gasteiger partial charge in [-0.2, -0.15) is 0 Å². The first-order chi connectivity index (χ1) is 13.0. The van der Waals surface area contributed by atoms with E-state index in [1.807, 2.05) is 17.9 Å². The summed E-state index contributed by atoms with van der Waals surface area (Å²) >= 11 is 0. The van der Waals surface area contributed by atoms with Gasteiger partial charge >= 0.3 is 0 Å². The Kier molecular flexibility index (Phi) is 6.34. The lowest BCUT2D eigenvalue weighted by atomic mass is 10.1. The molecule has 1 aliphatic heterocycles. The lowest BCUT2D eigenvalue weighted by molar-refractivity contribution is -0.132. The highest BCUT2D eigenvalue weighted by Crippen LogP contribution is 2.22. The number of likely N-dealkylation sites (tertiary alicyclic amines) is 1. The summed E-state index contributed by atoms with van der Waals surface area (Å²) in [5, 5.41) is 10.1. The molecule has 0 radical (unpaired) electrons. The van der Waals surface area contributed by atoms with Crippen molar-refractivity contribution in [1.29, 1.82) is 0 Å². The number of rotatable bonds is 5. The van der Waals surface area contributed by atoms with E-state index < -0.39 is 0 Å². The van der Waals surface area contributed by atoms with Crippen LogP contribution in [0.1, 0.15) is 43.1 Å². The maximum Gasteiger partial charge on any atom is 0.219 e. The molecule has 2 aromatic heterocycles. The molecule has 0 bridgehead atoms. The first-order valence-corrected chi connectivity index (χ1v) is 9.42. The fourth-order valence-corrected chi connectivity index (χ4v) is 3.65. The Hall–Kier alpha value is -2.54. The minimum absolute atomic E-state index is 0.0790. The summed E-state index contributed by atoms with van der Waals surface area (Å²) in [7, 11) is 0. The van der Waals surface area contributed by atoms with Gasteiger partial charge in [0.15, 0.2) is 0 Å². The van der Waals surface area contributed by atoms with Crippen LogP contribution in [-0.2, 0) is 17.9 Å². The predicted molar refractivity (Wildman–Crippen MR) is 102 cm³/mol. The highest BCUT2D eigenvalue weighted by molar-refractivity contribution is 5.73. The van der Waals surface area contributed by atoms with Crippen molar-refractivity contribution in [1.82, 2.24) is 24.8 Å². The minimum atomic E-state index is 0.0790. The molecule has 1 saturated heterocycles. The van der Waals surface area contributed by atoms with Crippen LogP contribution in [-0.4, -0.2) is 54.9 Å². The summed E-state index contributed by atoms with van der Waals surface area (Å²) in [5.41, 5.74) is 2.57. The van der Waals surface area contributed by atoms with E-state index in [2.05, 4.69) is 19.9 Å². The summed E-state index contributed by atoms with van der Waals surface area (Å²) in [6.07, 6.45) is 7.90. The zero-order chi connectivity index (χ0) is 19.2. The topological polar surface area (TPSA) is 82.5 Å². The molecular formula is C20H27N5O2. The number of carbonyl (C=O) groups excluding carboxylic acids is 1. The maximum atomic E-state index is 12.2. The van der Waals surface area contributed by atoms with E-state index in [1.54, 1.807) is 25.4 Å². The molecule has 3 rings (SSSR count). The second kappa shape index (κ2) is 8.90. The van der Waals surface area contributed by atoms with Gasteiger partial charge in [-0.3, -0.25) is 14.7 Å². The standard InChI is InChI=1S/C20H27N5O2/c1-15-5-6-20(27)19(23-15)13-24-8-3-4-18(7-9-24)25(16(2)26)12-17-10-21-14-22-11-17/h5-6,10-11,14,18,27H,3-4,7-9,12-13H2,1-2H3. The Balaban J connectivity index is 1.64. The van der Waals surface area contributed by atoms with Crippen LogP contribution in [0.2, 0.25) is 0 Å². The molecule has 7 nitrogen and oxygen atoms in total. The van der Waals surface area contributed by atoms with Gasteiger partial charge in [-0.05, 0) is 44.9 Å². The van der Waals surface area contributed by atoms with Crippen LogP contribution < -0.4 is 0 Å². The second-order valence-electron chi connectivity index (χ2n) is 7.17. The molecule has 0 aromatic carbocycles. The van der Waals surface area contributed by atoms with Crippen molar-refractivity contribution >= 4 is 5.91 Å². The van der Waals surface area contributed by atoms with Crippen LogP contribution in [0.25, 0.3) is 0 Å². The highest BCUT2D eigenvalue weighted by Gasteiger charge is 2.25. The molecule has 0 saturated carbocycles. The maximum absolute atomic E-state index is 12.2. The van der Waals surface area contributed by atoms with Crippen LogP contribution in [0.15, 0.2) is 30.9 Å². The molecule has 3 heterocycles. The molecular weight excluding hydrogens is 342 g/mol. The monoisotopic (exact) mass is 369 g/mol. The number of nitrogens with zero attached hydrogens (tertiary/aromatic N) is 5. The average molecular weight is 369 g/mol. The summed E-state index contributed by atoms with van der Waals surface area (Å²) in [6.45, 7) is 6.54. The van der Waals surface area contributed by atoms with Gasteiger partial charge in [-0.1, -0.05) is 0 Å². The zero-order valence-corrected chi connectivity index (χ0v) is 16.0. The minimum Gasteiger partial charge on any atom is -0.506 e. The molecule has 1 fully saturated rings. The Labute approximate surface area is 160 Å². The van der Waals surface area contributed by atoms with Crippen molar-refractivity contribution in [2.75, 3.05) is 13.1 Å². The quantitative estimate of drug-likeness (QED) is 0.871. The number of carbonyl (C=O) groups is 1. The van der Waals surface area contributed by atoms with E-state index >= 15 is 0 Å². The van der Waals surface area contributed by atoms with Gasteiger partial charge in [0.05, 0.1) is 5.69 Å². The summed E-state index contributed by atoms with van der Waals surface area (Å²) in [6, 6.07) is 3.72. The largest absolute Gasteiger partial charge is 0.506 e. The van der Waals surface area contributed by atoms with Crippen LogP contribution in [0.3, 0.4) is 0 Å². The van der Waals surface area contributed by atoms with Gasteiger partial charge in [0, 0.05) is 56.3 Å². The number of hydrogen-bond donors (Lipinski definition) is 1. The number of hydrogen-bond acceptors (Lipinski definition) is 6. The van der Waals surface area contributed by atoms with Gasteiger partial charge in [0.2, 0.25) is 5.91 Å². The van der Waals surface area contributed by atoms with Crippen molar-refractivity contribution in [3.8, 4) is 5.75 Å². The van der Waals surface area contributed by atoms with Crippen molar-refractivity contribution in [3.05, 3.63) is 47.8 Å². The molecule has 0 spiro atoms. The molecule has 7 heteroatoms. The average Bonchev–Trinajstić information content (AvgIpc) is 2.89.